The van der Waals surface area contributed by atoms with Gasteiger partial charge in [0.05, 0.1) is 4.87 Å². The van der Waals surface area contributed by atoms with Gasteiger partial charge in [-0.3, -0.25) is 14.9 Å². The molecule has 0 unspecified atom stereocenters. The van der Waals surface area contributed by atoms with Gasteiger partial charge >= 0.3 is 0 Å². The number of rotatable bonds is 4. The van der Waals surface area contributed by atoms with Crippen LogP contribution in [0, 0.1) is 0 Å². The van der Waals surface area contributed by atoms with Crippen molar-refractivity contribution in [3.8, 4) is 0 Å². The normalized spacial score (nSPS) is 21.2. The molecule has 1 saturated heterocycles. The van der Waals surface area contributed by atoms with Crippen LogP contribution >= 0.6 is 23.1 Å². The highest BCUT2D eigenvalue weighted by Crippen LogP contribution is 2.38. The van der Waals surface area contributed by atoms with Crippen molar-refractivity contribution in [1.82, 2.24) is 15.1 Å². The van der Waals surface area contributed by atoms with Gasteiger partial charge in [0, 0.05) is 11.7 Å². The lowest BCUT2D eigenvalue weighted by molar-refractivity contribution is -0.130. The number of thioether (sulfide) groups is 1. The minimum absolute atomic E-state index is 0.207. The molecule has 1 fully saturated rings. The fourth-order valence-corrected chi connectivity index (χ4v) is 3.87. The first kappa shape index (κ1) is 15.2. The first-order valence-electron chi connectivity index (χ1n) is 6.37. The van der Waals surface area contributed by atoms with Crippen molar-refractivity contribution in [3.63, 3.8) is 0 Å². The molecule has 6 nitrogen and oxygen atoms in total. The fourth-order valence-electron chi connectivity index (χ4n) is 1.92. The number of carbonyl (C=O) groups excluding carboxylic acids is 2. The monoisotopic (exact) mass is 314 g/mol. The van der Waals surface area contributed by atoms with Crippen LogP contribution in [0.4, 0.5) is 5.13 Å². The maximum atomic E-state index is 12.3. The minimum atomic E-state index is -0.459. The molecule has 1 aromatic heterocycles. The summed E-state index contributed by atoms with van der Waals surface area (Å²) in [5.41, 5.74) is 0. The highest BCUT2D eigenvalue weighted by molar-refractivity contribution is 8.00. The van der Waals surface area contributed by atoms with Crippen LogP contribution in [-0.2, 0) is 9.59 Å². The Balaban J connectivity index is 2.06. The Morgan fingerprint density at radius 2 is 2.20 bits per heavy atom. The van der Waals surface area contributed by atoms with E-state index in [1.54, 1.807) is 16.7 Å². The molecular weight excluding hydrogens is 296 g/mol. The number of hydrogen-bond acceptors (Lipinski definition) is 6. The van der Waals surface area contributed by atoms with Crippen LogP contribution in [0.3, 0.4) is 0 Å². The molecule has 8 heteroatoms. The predicted molar refractivity (Wildman–Crippen MR) is 80.9 cm³/mol. The van der Waals surface area contributed by atoms with E-state index in [-0.39, 0.29) is 16.7 Å². The van der Waals surface area contributed by atoms with Crippen LogP contribution in [0.5, 0.6) is 0 Å². The lowest BCUT2D eigenvalue weighted by atomic mass is 10.2. The molecule has 1 aromatic rings. The molecule has 1 atom stereocenters. The van der Waals surface area contributed by atoms with Gasteiger partial charge in [-0.1, -0.05) is 25.2 Å². The van der Waals surface area contributed by atoms with Crippen LogP contribution in [0.25, 0.3) is 0 Å². The summed E-state index contributed by atoms with van der Waals surface area (Å²) in [6.45, 7) is 7.91. The summed E-state index contributed by atoms with van der Waals surface area (Å²) >= 11 is 2.96. The highest BCUT2D eigenvalue weighted by Gasteiger charge is 2.43. The highest BCUT2D eigenvalue weighted by atomic mass is 32.2. The average Bonchev–Trinajstić information content (AvgIpc) is 2.93. The number of anilines is 1. The zero-order valence-corrected chi connectivity index (χ0v) is 13.5. The molecule has 2 amide bonds. The Bertz CT molecular complexity index is 515. The molecule has 1 aliphatic rings. The van der Waals surface area contributed by atoms with Gasteiger partial charge in [0.2, 0.25) is 17.4 Å². The second kappa shape index (κ2) is 5.69. The molecule has 1 aliphatic heterocycles. The molecule has 1 N–H and O–H groups in total. The maximum absolute atomic E-state index is 12.3. The third kappa shape index (κ3) is 2.95. The third-order valence-electron chi connectivity index (χ3n) is 3.13. The van der Waals surface area contributed by atoms with Crippen LogP contribution in [0.15, 0.2) is 0 Å². The van der Waals surface area contributed by atoms with Gasteiger partial charge in [-0.25, -0.2) is 0 Å². The van der Waals surface area contributed by atoms with Crippen molar-refractivity contribution < 1.29 is 9.59 Å². The molecular formula is C12H18N4O2S2. The van der Waals surface area contributed by atoms with E-state index in [0.717, 1.165) is 11.4 Å². The van der Waals surface area contributed by atoms with Gasteiger partial charge in [-0.05, 0) is 13.8 Å². The van der Waals surface area contributed by atoms with Crippen LogP contribution in [0.2, 0.25) is 0 Å². The molecule has 2 rings (SSSR count). The van der Waals surface area contributed by atoms with Gasteiger partial charge in [0.25, 0.3) is 0 Å². The maximum Gasteiger partial charge on any atom is 0.249 e. The van der Waals surface area contributed by atoms with Crippen molar-refractivity contribution >= 4 is 40.5 Å². The smallest absolute Gasteiger partial charge is 0.249 e. The zero-order valence-electron chi connectivity index (χ0n) is 11.9. The van der Waals surface area contributed by atoms with E-state index < -0.39 is 6.04 Å². The van der Waals surface area contributed by atoms with E-state index in [1.165, 1.54) is 11.3 Å². The Morgan fingerprint density at radius 3 is 2.75 bits per heavy atom. The Kier molecular flexibility index (Phi) is 4.33. The zero-order chi connectivity index (χ0) is 14.9. The van der Waals surface area contributed by atoms with Gasteiger partial charge in [0.15, 0.2) is 0 Å². The molecule has 0 aliphatic carbocycles. The van der Waals surface area contributed by atoms with E-state index in [1.807, 2.05) is 27.7 Å². The summed E-state index contributed by atoms with van der Waals surface area (Å²) < 4.78 is 0. The summed E-state index contributed by atoms with van der Waals surface area (Å²) in [6.07, 6.45) is 0.740. The summed E-state index contributed by atoms with van der Waals surface area (Å²) in [5, 5.41) is 12.1. The number of aromatic nitrogens is 2. The van der Waals surface area contributed by atoms with Crippen molar-refractivity contribution in [2.24, 2.45) is 0 Å². The molecule has 110 valence electrons. The molecule has 0 saturated carbocycles. The first-order valence-corrected chi connectivity index (χ1v) is 8.17. The summed E-state index contributed by atoms with van der Waals surface area (Å²) in [4.78, 5) is 24.7. The average molecular weight is 314 g/mol. The number of nitrogens with one attached hydrogen (secondary N) is 1. The van der Waals surface area contributed by atoms with Crippen LogP contribution < -0.4 is 5.32 Å². The second-order valence-electron chi connectivity index (χ2n) is 5.38. The molecule has 0 bridgehead atoms. The van der Waals surface area contributed by atoms with E-state index in [0.29, 0.717) is 10.9 Å². The van der Waals surface area contributed by atoms with Crippen molar-refractivity contribution in [2.75, 3.05) is 11.1 Å². The quantitative estimate of drug-likeness (QED) is 0.859. The van der Waals surface area contributed by atoms with E-state index in [4.69, 9.17) is 0 Å². The lowest BCUT2D eigenvalue weighted by Crippen LogP contribution is -2.47. The van der Waals surface area contributed by atoms with Crippen molar-refractivity contribution in [3.05, 3.63) is 5.01 Å². The number of hydrogen-bond donors (Lipinski definition) is 1. The molecule has 20 heavy (non-hydrogen) atoms. The molecule has 2 heterocycles. The van der Waals surface area contributed by atoms with Gasteiger partial charge in [0.1, 0.15) is 11.0 Å². The largest absolute Gasteiger partial charge is 0.318 e. The Labute approximate surface area is 126 Å². The third-order valence-corrected chi connectivity index (χ3v) is 5.67. The van der Waals surface area contributed by atoms with Gasteiger partial charge in [-0.15, -0.1) is 22.0 Å². The van der Waals surface area contributed by atoms with E-state index >= 15 is 0 Å². The topological polar surface area (TPSA) is 75.2 Å². The van der Waals surface area contributed by atoms with Crippen molar-refractivity contribution in [2.45, 2.75) is 44.5 Å². The Morgan fingerprint density at radius 1 is 1.50 bits per heavy atom. The lowest BCUT2D eigenvalue weighted by Gasteiger charge is -2.29. The van der Waals surface area contributed by atoms with Gasteiger partial charge in [-0.2, -0.15) is 0 Å². The predicted octanol–water partition coefficient (Wildman–Crippen LogP) is 1.91. The standard InChI is InChI=1S/C12H18N4O2S2/c1-7(2)10-14-15-11(20-10)13-9(18)8-5-19-12(3,4)16(8)6-17/h6-8H,5H2,1-4H3,(H,13,15,18)/t8-/m1/s1. The van der Waals surface area contributed by atoms with E-state index in [2.05, 4.69) is 15.5 Å². The van der Waals surface area contributed by atoms with E-state index in [9.17, 15) is 9.59 Å². The van der Waals surface area contributed by atoms with Gasteiger partial charge < -0.3 is 4.90 Å². The minimum Gasteiger partial charge on any atom is -0.318 e. The number of nitrogens with zero attached hydrogens (tertiary/aromatic N) is 3. The first-order chi connectivity index (χ1) is 9.35. The molecule has 0 spiro atoms. The molecule has 0 aromatic carbocycles. The van der Waals surface area contributed by atoms with Crippen molar-refractivity contribution in [1.29, 1.82) is 0 Å². The SMILES string of the molecule is CC(C)c1nnc(NC(=O)[C@H]2CSC(C)(C)N2C=O)s1. The molecule has 0 radical (unpaired) electrons. The van der Waals surface area contributed by atoms with Crippen LogP contribution in [-0.4, -0.2) is 44.1 Å². The summed E-state index contributed by atoms with van der Waals surface area (Å²) in [7, 11) is 0. The summed E-state index contributed by atoms with van der Waals surface area (Å²) in [6, 6.07) is -0.459. The fraction of sp³-hybridized carbons (Fsp3) is 0.667. The van der Waals surface area contributed by atoms with Crippen LogP contribution in [0.1, 0.15) is 38.6 Å². The summed E-state index contributed by atoms with van der Waals surface area (Å²) in [5.74, 6) is 0.667. The number of carbonyl (C=O) groups is 2. The second-order valence-corrected chi connectivity index (χ2v) is 8.01. The number of amides is 2. The Hall–Kier alpha value is -1.15.